The molecule has 0 atom stereocenters. The fourth-order valence-electron chi connectivity index (χ4n) is 5.37. The minimum Gasteiger partial charge on any atom is -0.273 e. The van der Waals surface area contributed by atoms with Gasteiger partial charge in [0.15, 0.2) is 4.34 Å². The molecule has 48 heavy (non-hydrogen) atoms. The zero-order valence-electron chi connectivity index (χ0n) is 25.0. The quantitative estimate of drug-likeness (QED) is 0.0702. The van der Waals surface area contributed by atoms with Crippen molar-refractivity contribution in [2.75, 3.05) is 9.80 Å². The number of hydrogen-bond donors (Lipinski definition) is 1. The first-order valence-electron chi connectivity index (χ1n) is 14.3. The SMILES string of the molecule is Cc1ccc(N2C(=O)NC(=O)/C(=C\c3ccc(Sc4nc5ccc(N6C(=O)c7ccccc7C6=O)cc5s4)c([N+](=O)[O-])c3)C2=O)cc1C. The Bertz CT molecular complexity index is 2300. The van der Waals surface area contributed by atoms with Crippen LogP contribution >= 0.6 is 23.1 Å². The van der Waals surface area contributed by atoms with Crippen LogP contribution in [-0.4, -0.2) is 39.6 Å². The molecule has 7 rings (SSSR count). The van der Waals surface area contributed by atoms with E-state index in [0.29, 0.717) is 31.4 Å². The lowest BCUT2D eigenvalue weighted by Gasteiger charge is -2.26. The Kier molecular flexibility index (Phi) is 7.45. The van der Waals surface area contributed by atoms with Gasteiger partial charge in [-0.05, 0) is 85.1 Å². The Hall–Kier alpha value is -5.99. The Labute approximate surface area is 279 Å². The molecule has 12 nitrogen and oxygen atoms in total. The van der Waals surface area contributed by atoms with E-state index in [4.69, 9.17) is 0 Å². The van der Waals surface area contributed by atoms with Crippen LogP contribution in [0.4, 0.5) is 21.9 Å². The number of carbonyl (C=O) groups excluding carboxylic acids is 5. The van der Waals surface area contributed by atoms with Crippen molar-refractivity contribution in [3.8, 4) is 0 Å². The van der Waals surface area contributed by atoms with Crippen LogP contribution in [0.5, 0.6) is 0 Å². The second-order valence-corrected chi connectivity index (χ2v) is 13.3. The van der Waals surface area contributed by atoms with Crippen LogP contribution < -0.4 is 15.1 Å². The number of aryl methyl sites for hydroxylation is 2. The molecule has 1 N–H and O–H groups in total. The van der Waals surface area contributed by atoms with Gasteiger partial charge in [0.1, 0.15) is 5.57 Å². The molecule has 0 spiro atoms. The van der Waals surface area contributed by atoms with Crippen molar-refractivity contribution in [3.63, 3.8) is 0 Å². The number of aromatic nitrogens is 1. The van der Waals surface area contributed by atoms with Crippen LogP contribution in [-0.2, 0) is 9.59 Å². The van der Waals surface area contributed by atoms with Crippen LogP contribution in [0, 0.1) is 24.0 Å². The van der Waals surface area contributed by atoms with Crippen LogP contribution in [0.2, 0.25) is 0 Å². The number of anilines is 2. The normalized spacial score (nSPS) is 15.5. The van der Waals surface area contributed by atoms with Gasteiger partial charge in [0.05, 0.1) is 42.5 Å². The van der Waals surface area contributed by atoms with Gasteiger partial charge in [0, 0.05) is 6.07 Å². The Balaban J connectivity index is 1.16. The van der Waals surface area contributed by atoms with Gasteiger partial charge in [0.2, 0.25) is 0 Å². The van der Waals surface area contributed by atoms with Crippen LogP contribution in [0.15, 0.2) is 93.7 Å². The van der Waals surface area contributed by atoms with Crippen LogP contribution in [0.1, 0.15) is 37.4 Å². The van der Waals surface area contributed by atoms with E-state index in [1.165, 1.54) is 35.6 Å². The molecular formula is C34H21N5O7S2. The number of hydrogen-bond acceptors (Lipinski definition) is 10. The lowest BCUT2D eigenvalue weighted by molar-refractivity contribution is -0.387. The van der Waals surface area contributed by atoms with Crippen LogP contribution in [0.3, 0.4) is 0 Å². The molecule has 1 aromatic heterocycles. The summed E-state index contributed by atoms with van der Waals surface area (Å²) in [6, 6.07) is 19.9. The number of carbonyl (C=O) groups is 5. The number of nitro benzene ring substituents is 1. The molecule has 3 heterocycles. The lowest BCUT2D eigenvalue weighted by atomic mass is 10.0. The van der Waals surface area contributed by atoms with Gasteiger partial charge in [-0.15, -0.1) is 11.3 Å². The highest BCUT2D eigenvalue weighted by molar-refractivity contribution is 8.01. The largest absolute Gasteiger partial charge is 0.335 e. The van der Waals surface area contributed by atoms with Gasteiger partial charge in [-0.3, -0.25) is 34.6 Å². The molecule has 4 aromatic carbocycles. The molecule has 2 aliphatic rings. The summed E-state index contributed by atoms with van der Waals surface area (Å²) in [5.41, 5.74) is 3.26. The summed E-state index contributed by atoms with van der Waals surface area (Å²) in [4.78, 5) is 82.9. The maximum atomic E-state index is 13.4. The molecule has 0 unspecified atom stereocenters. The highest BCUT2D eigenvalue weighted by Crippen LogP contribution is 2.41. The summed E-state index contributed by atoms with van der Waals surface area (Å²) >= 11 is 2.29. The highest BCUT2D eigenvalue weighted by Gasteiger charge is 2.38. The van der Waals surface area contributed by atoms with Gasteiger partial charge in [-0.1, -0.05) is 36.0 Å². The van der Waals surface area contributed by atoms with Gasteiger partial charge in [0.25, 0.3) is 29.3 Å². The average Bonchev–Trinajstić information content (AvgIpc) is 3.57. The zero-order chi connectivity index (χ0) is 33.9. The molecule has 236 valence electrons. The summed E-state index contributed by atoms with van der Waals surface area (Å²) < 4.78 is 1.14. The van der Waals surface area contributed by atoms with Crippen molar-refractivity contribution in [1.82, 2.24) is 10.3 Å². The Morgan fingerprint density at radius 1 is 0.812 bits per heavy atom. The molecule has 1 saturated heterocycles. The number of amides is 6. The van der Waals surface area contributed by atoms with E-state index in [1.807, 2.05) is 13.8 Å². The number of urea groups is 1. The molecule has 0 radical (unpaired) electrons. The number of nitro groups is 1. The predicted octanol–water partition coefficient (Wildman–Crippen LogP) is 6.44. The lowest BCUT2D eigenvalue weighted by Crippen LogP contribution is -2.54. The maximum absolute atomic E-state index is 13.4. The summed E-state index contributed by atoms with van der Waals surface area (Å²) in [5.74, 6) is -2.61. The van der Waals surface area contributed by atoms with E-state index in [1.54, 1.807) is 60.7 Å². The third-order valence-corrected chi connectivity index (χ3v) is 10.1. The van der Waals surface area contributed by atoms with Crippen molar-refractivity contribution < 1.29 is 28.9 Å². The summed E-state index contributed by atoms with van der Waals surface area (Å²) in [5, 5.41) is 14.3. The number of benzene rings is 4. The van der Waals surface area contributed by atoms with Crippen molar-refractivity contribution >= 4 is 86.1 Å². The molecule has 2 aliphatic heterocycles. The number of fused-ring (bicyclic) bond motifs is 2. The number of thiazole rings is 1. The summed E-state index contributed by atoms with van der Waals surface area (Å²) in [6.45, 7) is 3.71. The number of nitrogens with one attached hydrogen (secondary N) is 1. The van der Waals surface area contributed by atoms with Gasteiger partial charge in [-0.2, -0.15) is 0 Å². The number of rotatable bonds is 6. The second kappa shape index (κ2) is 11.7. The monoisotopic (exact) mass is 675 g/mol. The summed E-state index contributed by atoms with van der Waals surface area (Å²) in [7, 11) is 0. The van der Waals surface area contributed by atoms with E-state index in [-0.39, 0.29) is 27.4 Å². The zero-order valence-corrected chi connectivity index (χ0v) is 26.7. The van der Waals surface area contributed by atoms with Gasteiger partial charge >= 0.3 is 6.03 Å². The second-order valence-electron chi connectivity index (χ2n) is 10.9. The van der Waals surface area contributed by atoms with E-state index in [0.717, 1.165) is 32.7 Å². The number of imide groups is 3. The van der Waals surface area contributed by atoms with E-state index < -0.39 is 34.6 Å². The van der Waals surface area contributed by atoms with Crippen molar-refractivity contribution in [3.05, 3.63) is 122 Å². The third-order valence-electron chi connectivity index (χ3n) is 7.94. The molecule has 0 bridgehead atoms. The summed E-state index contributed by atoms with van der Waals surface area (Å²) in [6.07, 6.45) is 1.21. The Morgan fingerprint density at radius 2 is 1.50 bits per heavy atom. The van der Waals surface area contributed by atoms with Crippen molar-refractivity contribution in [2.24, 2.45) is 0 Å². The first-order chi connectivity index (χ1) is 23.0. The first-order valence-corrected chi connectivity index (χ1v) is 16.0. The van der Waals surface area contributed by atoms with Crippen molar-refractivity contribution in [1.29, 1.82) is 0 Å². The molecule has 1 fully saturated rings. The van der Waals surface area contributed by atoms with Crippen molar-refractivity contribution in [2.45, 2.75) is 23.1 Å². The van der Waals surface area contributed by atoms with Gasteiger partial charge in [-0.25, -0.2) is 19.6 Å². The van der Waals surface area contributed by atoms with Crippen LogP contribution in [0.25, 0.3) is 16.3 Å². The molecular weight excluding hydrogens is 655 g/mol. The minimum atomic E-state index is -0.916. The molecule has 0 saturated carbocycles. The topological polar surface area (TPSA) is 160 Å². The predicted molar refractivity (Wildman–Crippen MR) is 179 cm³/mol. The van der Waals surface area contributed by atoms with E-state index in [9.17, 15) is 34.1 Å². The molecule has 6 amide bonds. The first kappa shape index (κ1) is 30.7. The fraction of sp³-hybridized carbons (Fsp3) is 0.0588. The molecule has 0 aliphatic carbocycles. The fourth-order valence-corrected chi connectivity index (χ4v) is 7.51. The molecule has 5 aromatic rings. The van der Waals surface area contributed by atoms with Gasteiger partial charge < -0.3 is 0 Å². The standard InChI is InChI=1S/C34H21N5O7S2/c1-17-7-9-20(13-18(17)2)38-32(43)24(29(40)36-33(38)44)14-19-8-12-27(26(15-19)39(45)46)47-34-35-25-11-10-21(16-28(25)48-34)37-30(41)22-5-3-4-6-23(22)31(37)42/h3-16H,1-2H3,(H,36,40,44)/b24-14+. The number of barbiturate groups is 1. The highest BCUT2D eigenvalue weighted by atomic mass is 32.2. The third kappa shape index (κ3) is 5.22. The maximum Gasteiger partial charge on any atom is 0.335 e. The van der Waals surface area contributed by atoms with E-state index in [2.05, 4.69) is 10.3 Å². The average molecular weight is 676 g/mol. The Morgan fingerprint density at radius 3 is 2.19 bits per heavy atom. The minimum absolute atomic E-state index is 0.203. The number of nitrogens with zero attached hydrogens (tertiary/aromatic N) is 4. The molecule has 14 heteroatoms. The van der Waals surface area contributed by atoms with E-state index >= 15 is 0 Å². The smallest absolute Gasteiger partial charge is 0.273 e.